The van der Waals surface area contributed by atoms with E-state index >= 15 is 0 Å². The molecule has 0 bridgehead atoms. The van der Waals surface area contributed by atoms with Crippen LogP contribution in [0.4, 0.5) is 5.69 Å². The molecule has 1 aliphatic heterocycles. The van der Waals surface area contributed by atoms with Gasteiger partial charge in [-0.15, -0.1) is 0 Å². The predicted molar refractivity (Wildman–Crippen MR) is 147 cm³/mol. The van der Waals surface area contributed by atoms with Crippen molar-refractivity contribution in [2.45, 2.75) is 32.0 Å². The van der Waals surface area contributed by atoms with Gasteiger partial charge in [-0.1, -0.05) is 66.7 Å². The Hall–Kier alpha value is -4.58. The van der Waals surface area contributed by atoms with Crippen molar-refractivity contribution in [3.8, 4) is 11.5 Å². The Bertz CT molecular complexity index is 1400. The molecular formula is C32H30N2O4. The van der Waals surface area contributed by atoms with Crippen molar-refractivity contribution in [1.82, 2.24) is 4.90 Å². The van der Waals surface area contributed by atoms with Crippen LogP contribution in [-0.2, 0) is 22.7 Å². The number of nitrogens with zero attached hydrogens (tertiary/aromatic N) is 1. The molecule has 1 saturated heterocycles. The first-order chi connectivity index (χ1) is 18.5. The standard InChI is InChI=1S/C32H30N2O4/c1-22(35)33-27-14-16-28(17-15-27)38-21-26-19-25(13-18-29(26)37-2)31-30(24-11-7-4-8-12-24)32(36)34(31)20-23-9-5-3-6-10-23/h3-19,30-31H,20-21H2,1-2H3,(H,33,35)/t30-,31?/m0/s1. The third-order valence-electron chi connectivity index (χ3n) is 6.77. The summed E-state index contributed by atoms with van der Waals surface area (Å²) >= 11 is 0. The number of carbonyl (C=O) groups excluding carboxylic acids is 2. The average Bonchev–Trinajstić information content (AvgIpc) is 2.94. The number of benzene rings is 4. The van der Waals surface area contributed by atoms with Crippen molar-refractivity contribution < 1.29 is 19.1 Å². The van der Waals surface area contributed by atoms with Crippen molar-refractivity contribution in [2.75, 3.05) is 12.4 Å². The maximum atomic E-state index is 13.4. The number of hydrogen-bond donors (Lipinski definition) is 1. The quantitative estimate of drug-likeness (QED) is 0.279. The third kappa shape index (κ3) is 5.39. The first kappa shape index (κ1) is 25.1. The molecule has 4 aromatic carbocycles. The Morgan fingerprint density at radius 2 is 1.55 bits per heavy atom. The molecule has 1 fully saturated rings. The zero-order valence-corrected chi connectivity index (χ0v) is 21.5. The Labute approximate surface area is 222 Å². The molecule has 6 nitrogen and oxygen atoms in total. The van der Waals surface area contributed by atoms with Crippen molar-refractivity contribution in [2.24, 2.45) is 0 Å². The summed E-state index contributed by atoms with van der Waals surface area (Å²) in [6.07, 6.45) is 0. The summed E-state index contributed by atoms with van der Waals surface area (Å²) in [7, 11) is 1.64. The molecule has 0 saturated carbocycles. The van der Waals surface area contributed by atoms with Gasteiger partial charge in [-0.05, 0) is 53.1 Å². The Kier molecular flexibility index (Phi) is 7.40. The third-order valence-corrected chi connectivity index (χ3v) is 6.77. The van der Waals surface area contributed by atoms with Crippen LogP contribution in [0.15, 0.2) is 103 Å². The number of carbonyl (C=O) groups is 2. The van der Waals surface area contributed by atoms with Crippen molar-refractivity contribution in [3.05, 3.63) is 125 Å². The summed E-state index contributed by atoms with van der Waals surface area (Å²) in [4.78, 5) is 26.6. The van der Waals surface area contributed by atoms with Gasteiger partial charge in [0.05, 0.1) is 19.1 Å². The molecule has 1 N–H and O–H groups in total. The van der Waals surface area contributed by atoms with E-state index in [1.165, 1.54) is 6.92 Å². The zero-order chi connectivity index (χ0) is 26.5. The number of nitrogens with one attached hydrogen (secondary N) is 1. The number of methoxy groups -OCH3 is 1. The van der Waals surface area contributed by atoms with E-state index in [1.54, 1.807) is 19.2 Å². The SMILES string of the molecule is COc1ccc(C2[C@H](c3ccccc3)C(=O)N2Cc2ccccc2)cc1COc1ccc(NC(C)=O)cc1. The number of anilines is 1. The largest absolute Gasteiger partial charge is 0.496 e. The van der Waals surface area contributed by atoms with Crippen LogP contribution < -0.4 is 14.8 Å². The fourth-order valence-corrected chi connectivity index (χ4v) is 4.96. The van der Waals surface area contributed by atoms with Gasteiger partial charge in [0.2, 0.25) is 11.8 Å². The van der Waals surface area contributed by atoms with Crippen LogP contribution in [0.1, 0.15) is 41.1 Å². The second-order valence-corrected chi connectivity index (χ2v) is 9.35. The molecule has 0 spiro atoms. The van der Waals surface area contributed by atoms with E-state index in [0.717, 1.165) is 28.0 Å². The van der Waals surface area contributed by atoms with E-state index in [9.17, 15) is 9.59 Å². The summed E-state index contributed by atoms with van der Waals surface area (Å²) in [6, 6.07) is 33.2. The van der Waals surface area contributed by atoms with E-state index in [2.05, 4.69) is 11.4 Å². The number of hydrogen-bond acceptors (Lipinski definition) is 4. The average molecular weight is 507 g/mol. The Morgan fingerprint density at radius 3 is 2.21 bits per heavy atom. The van der Waals surface area contributed by atoms with Crippen LogP contribution in [0.3, 0.4) is 0 Å². The van der Waals surface area contributed by atoms with Crippen LogP contribution >= 0.6 is 0 Å². The molecule has 0 aromatic heterocycles. The minimum atomic E-state index is -0.247. The van der Waals surface area contributed by atoms with Gasteiger partial charge in [-0.3, -0.25) is 9.59 Å². The highest BCUT2D eigenvalue weighted by Crippen LogP contribution is 2.48. The molecule has 5 rings (SSSR count). The second kappa shape index (κ2) is 11.2. The Balaban J connectivity index is 1.41. The highest BCUT2D eigenvalue weighted by atomic mass is 16.5. The summed E-state index contributed by atoms with van der Waals surface area (Å²) in [5, 5.41) is 2.75. The van der Waals surface area contributed by atoms with Gasteiger partial charge in [-0.25, -0.2) is 0 Å². The van der Waals surface area contributed by atoms with Crippen molar-refractivity contribution in [3.63, 3.8) is 0 Å². The van der Waals surface area contributed by atoms with Crippen LogP contribution in [0, 0.1) is 0 Å². The fourth-order valence-electron chi connectivity index (χ4n) is 4.96. The smallest absolute Gasteiger partial charge is 0.233 e. The van der Waals surface area contributed by atoms with Crippen LogP contribution in [0.5, 0.6) is 11.5 Å². The normalized spacial score (nSPS) is 16.5. The van der Waals surface area contributed by atoms with Gasteiger partial charge in [0.25, 0.3) is 0 Å². The molecule has 0 radical (unpaired) electrons. The fraction of sp³-hybridized carbons (Fsp3) is 0.188. The predicted octanol–water partition coefficient (Wildman–Crippen LogP) is 6.10. The number of rotatable bonds is 9. The number of β-lactam (4-membered cyclic amide) rings is 1. The molecule has 38 heavy (non-hydrogen) atoms. The monoisotopic (exact) mass is 506 g/mol. The maximum absolute atomic E-state index is 13.4. The molecule has 2 atom stereocenters. The lowest BCUT2D eigenvalue weighted by Gasteiger charge is -2.48. The molecule has 1 unspecified atom stereocenters. The van der Waals surface area contributed by atoms with E-state index in [0.29, 0.717) is 24.6 Å². The lowest BCUT2D eigenvalue weighted by molar-refractivity contribution is -0.151. The summed E-state index contributed by atoms with van der Waals surface area (Å²) in [6.45, 7) is 2.32. The lowest BCUT2D eigenvalue weighted by atomic mass is 9.77. The molecule has 1 aliphatic rings. The van der Waals surface area contributed by atoms with Gasteiger partial charge in [0, 0.05) is 24.7 Å². The van der Waals surface area contributed by atoms with Crippen LogP contribution in [-0.4, -0.2) is 23.8 Å². The van der Waals surface area contributed by atoms with Crippen molar-refractivity contribution in [1.29, 1.82) is 0 Å². The molecule has 4 aromatic rings. The second-order valence-electron chi connectivity index (χ2n) is 9.35. The highest BCUT2D eigenvalue weighted by molar-refractivity contribution is 5.91. The first-order valence-electron chi connectivity index (χ1n) is 12.6. The van der Waals surface area contributed by atoms with Crippen molar-refractivity contribution >= 4 is 17.5 Å². The lowest BCUT2D eigenvalue weighted by Crippen LogP contribution is -2.52. The summed E-state index contributed by atoms with van der Waals surface area (Å²) in [5.74, 6) is 1.16. The summed E-state index contributed by atoms with van der Waals surface area (Å²) in [5.41, 5.74) is 4.75. The van der Waals surface area contributed by atoms with Crippen LogP contribution in [0.2, 0.25) is 0 Å². The maximum Gasteiger partial charge on any atom is 0.233 e. The number of likely N-dealkylation sites (tertiary alicyclic amines) is 1. The van der Waals surface area contributed by atoms with E-state index < -0.39 is 0 Å². The summed E-state index contributed by atoms with van der Waals surface area (Å²) < 4.78 is 11.7. The van der Waals surface area contributed by atoms with Gasteiger partial charge in [-0.2, -0.15) is 0 Å². The van der Waals surface area contributed by atoms with E-state index in [4.69, 9.17) is 9.47 Å². The Morgan fingerprint density at radius 1 is 0.868 bits per heavy atom. The number of ether oxygens (including phenoxy) is 2. The molecule has 6 heteroatoms. The van der Waals surface area contributed by atoms with E-state index in [-0.39, 0.29) is 23.8 Å². The van der Waals surface area contributed by atoms with E-state index in [1.807, 2.05) is 89.8 Å². The van der Waals surface area contributed by atoms with Gasteiger partial charge in [0.1, 0.15) is 18.1 Å². The highest BCUT2D eigenvalue weighted by Gasteiger charge is 2.48. The molecule has 2 amide bonds. The van der Waals surface area contributed by atoms with Gasteiger partial charge >= 0.3 is 0 Å². The zero-order valence-electron chi connectivity index (χ0n) is 21.5. The topological polar surface area (TPSA) is 67.9 Å². The molecule has 0 aliphatic carbocycles. The van der Waals surface area contributed by atoms with Gasteiger partial charge < -0.3 is 19.7 Å². The molecule has 192 valence electrons. The molecule has 1 heterocycles. The first-order valence-corrected chi connectivity index (χ1v) is 12.6. The van der Waals surface area contributed by atoms with Crippen LogP contribution in [0.25, 0.3) is 0 Å². The van der Waals surface area contributed by atoms with Gasteiger partial charge in [0.15, 0.2) is 0 Å². The minimum Gasteiger partial charge on any atom is -0.496 e. The molecular weight excluding hydrogens is 476 g/mol. The number of amides is 2. The minimum absolute atomic E-state index is 0.105.